The second-order valence-electron chi connectivity index (χ2n) is 7.86. The Morgan fingerprint density at radius 1 is 1.39 bits per heavy atom. The van der Waals surface area contributed by atoms with Crippen LogP contribution in [-0.4, -0.2) is 78.0 Å². The average Bonchev–Trinajstić information content (AvgIpc) is 3.07. The van der Waals surface area contributed by atoms with Crippen LogP contribution in [0.1, 0.15) is 6.92 Å². The second-order valence-corrected chi connectivity index (χ2v) is 7.86. The number of piperazine rings is 1. The van der Waals surface area contributed by atoms with Crippen molar-refractivity contribution in [3.8, 4) is 5.75 Å². The van der Waals surface area contributed by atoms with E-state index in [1.807, 2.05) is 16.7 Å². The Balaban J connectivity index is 1.28. The van der Waals surface area contributed by atoms with Crippen molar-refractivity contribution < 1.29 is 27.8 Å². The molecule has 1 aromatic rings. The maximum atomic E-state index is 12.8. The summed E-state index contributed by atoms with van der Waals surface area (Å²) in [6.07, 6.45) is -2.75. The number of hydrogen-bond donors (Lipinski definition) is 3. The fourth-order valence-corrected chi connectivity index (χ4v) is 3.93. The SMILES string of the molecule is C[C@@H]1CN(CC(=O)Nc2ccc3c(c2)OC(O)N3)CCN1C1=NCC(C(F)(F)F)C=C1. The Morgan fingerprint density at radius 3 is 2.87 bits per heavy atom. The Hall–Kier alpha value is -2.79. The first-order chi connectivity index (χ1) is 14.7. The van der Waals surface area contributed by atoms with Gasteiger partial charge in [-0.25, -0.2) is 0 Å². The fraction of sp³-hybridized carbons (Fsp3) is 0.500. The number of anilines is 2. The maximum Gasteiger partial charge on any atom is 0.396 e. The van der Waals surface area contributed by atoms with Crippen molar-refractivity contribution in [3.05, 3.63) is 30.4 Å². The van der Waals surface area contributed by atoms with Crippen LogP contribution in [0.5, 0.6) is 5.75 Å². The zero-order chi connectivity index (χ0) is 22.2. The number of rotatable bonds is 3. The fourth-order valence-electron chi connectivity index (χ4n) is 3.93. The largest absolute Gasteiger partial charge is 0.445 e. The third kappa shape index (κ3) is 4.93. The third-order valence-electron chi connectivity index (χ3n) is 5.50. The summed E-state index contributed by atoms with van der Waals surface area (Å²) in [6, 6.07) is 5.07. The van der Waals surface area contributed by atoms with Gasteiger partial charge in [0.1, 0.15) is 11.6 Å². The van der Waals surface area contributed by atoms with Crippen LogP contribution < -0.4 is 15.4 Å². The zero-order valence-corrected chi connectivity index (χ0v) is 16.9. The highest BCUT2D eigenvalue weighted by Crippen LogP contribution is 2.33. The highest BCUT2D eigenvalue weighted by Gasteiger charge is 2.39. The van der Waals surface area contributed by atoms with Gasteiger partial charge in [0.05, 0.1) is 24.7 Å². The third-order valence-corrected chi connectivity index (χ3v) is 5.50. The van der Waals surface area contributed by atoms with Crippen molar-refractivity contribution in [2.45, 2.75) is 25.6 Å². The van der Waals surface area contributed by atoms with Gasteiger partial charge in [0, 0.05) is 37.4 Å². The molecule has 3 N–H and O–H groups in total. The quantitative estimate of drug-likeness (QED) is 0.666. The summed E-state index contributed by atoms with van der Waals surface area (Å²) < 4.78 is 43.6. The number of aliphatic hydroxyl groups excluding tert-OH is 1. The molecular weight excluding hydrogens is 415 g/mol. The van der Waals surface area contributed by atoms with E-state index >= 15 is 0 Å². The molecule has 8 nitrogen and oxygen atoms in total. The molecule has 11 heteroatoms. The molecule has 1 aromatic carbocycles. The number of ether oxygens (including phenoxy) is 1. The molecule has 3 aliphatic rings. The number of nitrogens with zero attached hydrogens (tertiary/aromatic N) is 3. The van der Waals surface area contributed by atoms with Crippen LogP contribution in [0, 0.1) is 5.92 Å². The number of carbonyl (C=O) groups excluding carboxylic acids is 1. The van der Waals surface area contributed by atoms with Gasteiger partial charge in [-0.2, -0.15) is 13.2 Å². The Kier molecular flexibility index (Phi) is 5.80. The maximum absolute atomic E-state index is 12.8. The molecule has 0 aromatic heterocycles. The lowest BCUT2D eigenvalue weighted by Gasteiger charge is -2.41. The van der Waals surface area contributed by atoms with E-state index in [0.29, 0.717) is 42.6 Å². The molecule has 168 valence electrons. The molecule has 3 atom stereocenters. The molecule has 4 rings (SSSR count). The van der Waals surface area contributed by atoms with Crippen LogP contribution in [0.3, 0.4) is 0 Å². The molecule has 31 heavy (non-hydrogen) atoms. The van der Waals surface area contributed by atoms with Gasteiger partial charge in [-0.1, -0.05) is 6.08 Å². The van der Waals surface area contributed by atoms with E-state index in [9.17, 15) is 23.1 Å². The molecule has 3 heterocycles. The van der Waals surface area contributed by atoms with Crippen molar-refractivity contribution in [2.75, 3.05) is 43.4 Å². The second kappa shape index (κ2) is 8.39. The summed E-state index contributed by atoms with van der Waals surface area (Å²) >= 11 is 0. The number of amides is 1. The summed E-state index contributed by atoms with van der Waals surface area (Å²) in [5, 5.41) is 15.0. The van der Waals surface area contributed by atoms with Crippen LogP contribution in [0.4, 0.5) is 24.5 Å². The van der Waals surface area contributed by atoms with Crippen molar-refractivity contribution in [3.63, 3.8) is 0 Å². The Labute approximate surface area is 177 Å². The lowest BCUT2D eigenvalue weighted by atomic mass is 10.1. The van der Waals surface area contributed by atoms with Crippen molar-refractivity contribution >= 4 is 23.1 Å². The minimum atomic E-state index is -4.27. The van der Waals surface area contributed by atoms with Gasteiger partial charge in [0.25, 0.3) is 6.41 Å². The number of halogens is 3. The molecule has 0 saturated carbocycles. The smallest absolute Gasteiger partial charge is 0.396 e. The van der Waals surface area contributed by atoms with Gasteiger partial charge in [-0.3, -0.25) is 14.7 Å². The van der Waals surface area contributed by atoms with Gasteiger partial charge < -0.3 is 25.4 Å². The molecular formula is C20H24F3N5O3. The summed E-state index contributed by atoms with van der Waals surface area (Å²) in [7, 11) is 0. The minimum absolute atomic E-state index is 0.00773. The summed E-state index contributed by atoms with van der Waals surface area (Å²) in [6.45, 7) is 3.62. The number of fused-ring (bicyclic) bond motifs is 1. The summed E-state index contributed by atoms with van der Waals surface area (Å²) in [5.41, 5.74) is 1.21. The predicted molar refractivity (Wildman–Crippen MR) is 109 cm³/mol. The van der Waals surface area contributed by atoms with E-state index in [1.165, 1.54) is 12.2 Å². The number of amidine groups is 1. The van der Waals surface area contributed by atoms with Crippen LogP contribution in [0.25, 0.3) is 0 Å². The van der Waals surface area contributed by atoms with Crippen molar-refractivity contribution in [2.24, 2.45) is 10.9 Å². The van der Waals surface area contributed by atoms with Crippen molar-refractivity contribution in [1.82, 2.24) is 9.80 Å². The number of dihydropyridines is 1. The van der Waals surface area contributed by atoms with Crippen LogP contribution >= 0.6 is 0 Å². The zero-order valence-electron chi connectivity index (χ0n) is 16.9. The number of carbonyl (C=O) groups is 1. The number of aliphatic hydroxyl groups is 1. The lowest BCUT2D eigenvalue weighted by molar-refractivity contribution is -0.158. The van der Waals surface area contributed by atoms with E-state index in [-0.39, 0.29) is 25.0 Å². The molecule has 1 saturated heterocycles. The van der Waals surface area contributed by atoms with Crippen molar-refractivity contribution in [1.29, 1.82) is 0 Å². The topological polar surface area (TPSA) is 89.4 Å². The number of alkyl halides is 3. The minimum Gasteiger partial charge on any atom is -0.445 e. The standard InChI is InChI=1S/C20H24F3N5O3/c1-12-10-27(6-7-28(12)17-5-2-13(9-24-17)20(21,22)23)11-18(29)25-14-3-4-15-16(8-14)31-19(30)26-15/h2-5,8,12-13,19,26,30H,6-7,9-11H2,1H3,(H,25,29)/t12-,13?,19?/m1/s1. The van der Waals surface area contributed by atoms with E-state index in [2.05, 4.69) is 15.6 Å². The predicted octanol–water partition coefficient (Wildman–Crippen LogP) is 1.86. The highest BCUT2D eigenvalue weighted by molar-refractivity contribution is 5.94. The first-order valence-electron chi connectivity index (χ1n) is 10.0. The molecule has 0 radical (unpaired) electrons. The Bertz CT molecular complexity index is 905. The van der Waals surface area contributed by atoms with Gasteiger partial charge in [0.2, 0.25) is 5.91 Å². The number of hydrogen-bond acceptors (Lipinski definition) is 7. The summed E-state index contributed by atoms with van der Waals surface area (Å²) in [4.78, 5) is 20.6. The first kappa shape index (κ1) is 21.4. The first-order valence-corrected chi connectivity index (χ1v) is 10.0. The van der Waals surface area contributed by atoms with E-state index in [0.717, 1.165) is 0 Å². The van der Waals surface area contributed by atoms with E-state index < -0.39 is 18.5 Å². The molecule has 3 aliphatic heterocycles. The van der Waals surface area contributed by atoms with E-state index in [4.69, 9.17) is 4.74 Å². The number of nitrogens with one attached hydrogen (secondary N) is 2. The lowest BCUT2D eigenvalue weighted by Crippen LogP contribution is -2.55. The monoisotopic (exact) mass is 439 g/mol. The molecule has 2 unspecified atom stereocenters. The average molecular weight is 439 g/mol. The normalized spacial score (nSPS) is 26.0. The molecule has 0 aliphatic carbocycles. The van der Waals surface area contributed by atoms with E-state index in [1.54, 1.807) is 18.2 Å². The van der Waals surface area contributed by atoms with Gasteiger partial charge in [0.15, 0.2) is 0 Å². The molecule has 0 bridgehead atoms. The number of aliphatic imine (C=N–C) groups is 1. The van der Waals surface area contributed by atoms with Crippen LogP contribution in [0.15, 0.2) is 35.3 Å². The number of benzene rings is 1. The Morgan fingerprint density at radius 2 is 2.19 bits per heavy atom. The van der Waals surface area contributed by atoms with Gasteiger partial charge >= 0.3 is 6.18 Å². The summed E-state index contributed by atoms with van der Waals surface area (Å²) in [5.74, 6) is -0.692. The highest BCUT2D eigenvalue weighted by atomic mass is 19.4. The van der Waals surface area contributed by atoms with Gasteiger partial charge in [-0.05, 0) is 25.1 Å². The van der Waals surface area contributed by atoms with Crippen LogP contribution in [-0.2, 0) is 4.79 Å². The van der Waals surface area contributed by atoms with Crippen LogP contribution in [0.2, 0.25) is 0 Å². The molecule has 1 fully saturated rings. The van der Waals surface area contributed by atoms with Gasteiger partial charge in [-0.15, -0.1) is 0 Å². The molecule has 0 spiro atoms. The molecule has 1 amide bonds.